The molecule has 0 aliphatic heterocycles. The van der Waals surface area contributed by atoms with Gasteiger partial charge >= 0.3 is 0 Å². The summed E-state index contributed by atoms with van der Waals surface area (Å²) < 4.78 is 2.37. The van der Waals surface area contributed by atoms with E-state index in [0.717, 1.165) is 49.6 Å². The van der Waals surface area contributed by atoms with Gasteiger partial charge in [0.05, 0.1) is 11.2 Å². The van der Waals surface area contributed by atoms with Crippen molar-refractivity contribution >= 4 is 42.4 Å². The maximum atomic E-state index is 5.20. The number of hydrogen-bond donors (Lipinski definition) is 0. The van der Waals surface area contributed by atoms with Crippen molar-refractivity contribution in [3.63, 3.8) is 0 Å². The fourth-order valence-electron chi connectivity index (χ4n) is 6.33. The molecule has 0 saturated heterocycles. The summed E-state index contributed by atoms with van der Waals surface area (Å²) >= 11 is 1.79. The number of hydrogen-bond acceptors (Lipinski definition) is 5. The van der Waals surface area contributed by atoms with Crippen LogP contribution >= 0.6 is 11.3 Å². The second-order valence-electron chi connectivity index (χ2n) is 11.4. The van der Waals surface area contributed by atoms with Crippen LogP contribution in [0.2, 0.25) is 0 Å². The van der Waals surface area contributed by atoms with Crippen LogP contribution in [0, 0.1) is 0 Å². The van der Waals surface area contributed by atoms with Crippen molar-refractivity contribution in [1.82, 2.24) is 19.9 Å². The molecule has 0 fully saturated rings. The van der Waals surface area contributed by atoms with Crippen molar-refractivity contribution in [3.05, 3.63) is 158 Å². The summed E-state index contributed by atoms with van der Waals surface area (Å²) in [5, 5.41) is 3.45. The molecule has 5 heteroatoms. The molecule has 0 saturated carbocycles. The van der Waals surface area contributed by atoms with Gasteiger partial charge in [0.25, 0.3) is 0 Å². The van der Waals surface area contributed by atoms with Gasteiger partial charge in [0.15, 0.2) is 17.5 Å². The maximum Gasteiger partial charge on any atom is 0.164 e. The maximum absolute atomic E-state index is 5.20. The Labute approximate surface area is 275 Å². The lowest BCUT2D eigenvalue weighted by Crippen LogP contribution is -2.00. The quantitative estimate of drug-likeness (QED) is 0.193. The summed E-state index contributed by atoms with van der Waals surface area (Å²) in [6.07, 6.45) is 0. The highest BCUT2D eigenvalue weighted by Gasteiger charge is 2.19. The summed E-state index contributed by atoms with van der Waals surface area (Å²) in [6, 6.07) is 54.4. The molecule has 220 valence electrons. The van der Waals surface area contributed by atoms with Crippen LogP contribution in [0.3, 0.4) is 0 Å². The van der Waals surface area contributed by atoms with Gasteiger partial charge < -0.3 is 0 Å². The van der Waals surface area contributed by atoms with Crippen molar-refractivity contribution in [2.75, 3.05) is 0 Å². The Kier molecular flexibility index (Phi) is 6.61. The van der Waals surface area contributed by atoms with Crippen LogP contribution in [-0.4, -0.2) is 19.9 Å². The van der Waals surface area contributed by atoms with Crippen LogP contribution in [0.25, 0.3) is 87.6 Å². The van der Waals surface area contributed by atoms with Crippen molar-refractivity contribution in [3.8, 4) is 56.5 Å². The number of nitrogens with zero attached hydrogens (tertiary/aromatic N) is 4. The first-order valence-corrected chi connectivity index (χ1v) is 16.4. The van der Waals surface area contributed by atoms with E-state index in [4.69, 9.17) is 19.9 Å². The largest absolute Gasteiger partial charge is 0.248 e. The predicted molar refractivity (Wildman–Crippen MR) is 195 cm³/mol. The number of rotatable bonds is 5. The molecule has 0 radical (unpaired) electrons. The van der Waals surface area contributed by atoms with Gasteiger partial charge in [-0.2, -0.15) is 0 Å². The van der Waals surface area contributed by atoms with E-state index < -0.39 is 0 Å². The average molecular weight is 619 g/mol. The molecule has 0 amide bonds. The fraction of sp³-hybridized carbons (Fsp3) is 0. The Morgan fingerprint density at radius 3 is 1.64 bits per heavy atom. The third-order valence-corrected chi connectivity index (χ3v) is 9.74. The van der Waals surface area contributed by atoms with Crippen LogP contribution in [0.5, 0.6) is 0 Å². The lowest BCUT2D eigenvalue weighted by atomic mass is 9.97. The molecule has 0 aliphatic rings. The Morgan fingerprint density at radius 2 is 0.936 bits per heavy atom. The van der Waals surface area contributed by atoms with Gasteiger partial charge in [0.1, 0.15) is 0 Å². The van der Waals surface area contributed by atoms with Crippen LogP contribution in [-0.2, 0) is 0 Å². The SMILES string of the molecule is c1ccc(-c2nc(-c3ccccc3)nc(-c3cccc4sc5c(-c6cc(-c7ccccc7)c7ccccc7n6)cccc5c34)n2)cc1. The Balaban J connectivity index is 1.27. The zero-order valence-electron chi connectivity index (χ0n) is 25.2. The van der Waals surface area contributed by atoms with Crippen LogP contribution in [0.4, 0.5) is 0 Å². The van der Waals surface area contributed by atoms with Crippen LogP contribution in [0.1, 0.15) is 0 Å². The number of benzene rings is 6. The number of para-hydroxylation sites is 1. The summed E-state index contributed by atoms with van der Waals surface area (Å²) in [4.78, 5) is 20.2. The first kappa shape index (κ1) is 27.3. The van der Waals surface area contributed by atoms with E-state index in [9.17, 15) is 0 Å². The molecule has 3 aromatic heterocycles. The smallest absolute Gasteiger partial charge is 0.164 e. The molecule has 0 N–H and O–H groups in total. The number of fused-ring (bicyclic) bond motifs is 4. The summed E-state index contributed by atoms with van der Waals surface area (Å²) in [6.45, 7) is 0. The molecular weight excluding hydrogens is 593 g/mol. The van der Waals surface area contributed by atoms with Gasteiger partial charge in [-0.25, -0.2) is 19.9 Å². The Hall–Kier alpha value is -6.04. The van der Waals surface area contributed by atoms with E-state index in [1.807, 2.05) is 60.7 Å². The van der Waals surface area contributed by atoms with Gasteiger partial charge in [0.2, 0.25) is 0 Å². The van der Waals surface area contributed by atoms with E-state index in [0.29, 0.717) is 17.5 Å². The first-order valence-electron chi connectivity index (χ1n) is 15.6. The minimum Gasteiger partial charge on any atom is -0.248 e. The normalized spacial score (nSPS) is 11.4. The molecule has 4 nitrogen and oxygen atoms in total. The first-order chi connectivity index (χ1) is 23.3. The molecule has 9 aromatic rings. The Morgan fingerprint density at radius 1 is 0.383 bits per heavy atom. The van der Waals surface area contributed by atoms with Gasteiger partial charge in [-0.1, -0.05) is 140 Å². The van der Waals surface area contributed by atoms with E-state index in [1.54, 1.807) is 11.3 Å². The molecule has 0 atom stereocenters. The summed E-state index contributed by atoms with van der Waals surface area (Å²) in [7, 11) is 0. The molecule has 0 spiro atoms. The second-order valence-corrected chi connectivity index (χ2v) is 12.5. The monoisotopic (exact) mass is 618 g/mol. The zero-order chi connectivity index (χ0) is 31.2. The van der Waals surface area contributed by atoms with Gasteiger partial charge in [0, 0.05) is 47.8 Å². The Bertz CT molecular complexity index is 2500. The van der Waals surface area contributed by atoms with E-state index in [-0.39, 0.29) is 0 Å². The molecule has 9 rings (SSSR count). The predicted octanol–water partition coefficient (Wildman–Crippen LogP) is 11.1. The molecule has 0 aliphatic carbocycles. The standard InChI is InChI=1S/C42H26N4S/c1-4-14-27(15-5-1)34-26-36(43-35-24-11-10-20-30(34)35)31-21-12-22-32-38-33(23-13-25-37(38)47-39(31)32)42-45-40(28-16-6-2-7-17-28)44-41(46-42)29-18-8-3-9-19-29/h1-26H. The minimum atomic E-state index is 0.653. The molecular formula is C42H26N4S. The highest BCUT2D eigenvalue weighted by molar-refractivity contribution is 7.26. The number of thiophene rings is 1. The second kappa shape index (κ2) is 11.4. The summed E-state index contributed by atoms with van der Waals surface area (Å²) in [5.74, 6) is 1.96. The van der Waals surface area contributed by atoms with Crippen LogP contribution in [0.15, 0.2) is 158 Å². The third kappa shape index (κ3) is 4.85. The topological polar surface area (TPSA) is 51.6 Å². The highest BCUT2D eigenvalue weighted by atomic mass is 32.1. The minimum absolute atomic E-state index is 0.653. The van der Waals surface area contributed by atoms with Gasteiger partial charge in [-0.15, -0.1) is 11.3 Å². The van der Waals surface area contributed by atoms with Crippen LogP contribution < -0.4 is 0 Å². The lowest BCUT2D eigenvalue weighted by molar-refractivity contribution is 1.08. The molecule has 6 aromatic carbocycles. The third-order valence-electron chi connectivity index (χ3n) is 8.54. The molecule has 3 heterocycles. The summed E-state index contributed by atoms with van der Waals surface area (Å²) in [5.41, 5.74) is 8.30. The number of pyridine rings is 1. The zero-order valence-corrected chi connectivity index (χ0v) is 26.0. The molecule has 0 unspecified atom stereocenters. The van der Waals surface area contributed by atoms with Gasteiger partial charge in [-0.3, -0.25) is 0 Å². The fourth-order valence-corrected chi connectivity index (χ4v) is 7.59. The van der Waals surface area contributed by atoms with Gasteiger partial charge in [-0.05, 0) is 29.3 Å². The highest BCUT2D eigenvalue weighted by Crippen LogP contribution is 2.44. The van der Waals surface area contributed by atoms with Crippen molar-refractivity contribution < 1.29 is 0 Å². The van der Waals surface area contributed by atoms with Crippen molar-refractivity contribution in [1.29, 1.82) is 0 Å². The molecule has 47 heavy (non-hydrogen) atoms. The van der Waals surface area contributed by atoms with E-state index >= 15 is 0 Å². The van der Waals surface area contributed by atoms with Crippen molar-refractivity contribution in [2.24, 2.45) is 0 Å². The average Bonchev–Trinajstić information content (AvgIpc) is 3.54. The van der Waals surface area contributed by atoms with E-state index in [2.05, 4.69) is 97.1 Å². The van der Waals surface area contributed by atoms with Crippen molar-refractivity contribution in [2.45, 2.75) is 0 Å². The van der Waals surface area contributed by atoms with E-state index in [1.165, 1.54) is 20.5 Å². The number of aromatic nitrogens is 4. The molecule has 0 bridgehead atoms. The lowest BCUT2D eigenvalue weighted by Gasteiger charge is -2.11.